The molecule has 3 aromatic rings. The number of amides is 1. The first kappa shape index (κ1) is 22.8. The zero-order valence-electron chi connectivity index (χ0n) is 16.8. The lowest BCUT2D eigenvalue weighted by molar-refractivity contribution is -0.121. The van der Waals surface area contributed by atoms with Crippen molar-refractivity contribution in [2.75, 3.05) is 6.54 Å². The van der Waals surface area contributed by atoms with Crippen LogP contribution in [0.3, 0.4) is 0 Å². The van der Waals surface area contributed by atoms with E-state index in [1.54, 1.807) is 12.1 Å². The minimum atomic E-state index is -3.72. The fraction of sp³-hybridized carbons (Fsp3) is 0.174. The molecule has 3 rings (SSSR count). The zero-order valence-corrected chi connectivity index (χ0v) is 18.3. The van der Waals surface area contributed by atoms with Gasteiger partial charge in [0, 0.05) is 24.5 Å². The molecule has 3 aromatic carbocycles. The topological polar surface area (TPSA) is 84.5 Å². The number of hydrogen-bond acceptors (Lipinski definition) is 4. The van der Waals surface area contributed by atoms with Gasteiger partial charge in [-0.3, -0.25) is 4.79 Å². The first-order valence-corrected chi connectivity index (χ1v) is 11.6. The van der Waals surface area contributed by atoms with Crippen molar-refractivity contribution in [3.63, 3.8) is 0 Å². The number of nitrogens with one attached hydrogen (secondary N) is 2. The van der Waals surface area contributed by atoms with Gasteiger partial charge in [-0.05, 0) is 41.5 Å². The van der Waals surface area contributed by atoms with Gasteiger partial charge in [-0.15, -0.1) is 0 Å². The maximum absolute atomic E-state index is 12.3. The maximum Gasteiger partial charge on any atom is 0.240 e. The Morgan fingerprint density at radius 1 is 0.903 bits per heavy atom. The molecule has 0 aliphatic rings. The fourth-order valence-corrected chi connectivity index (χ4v) is 4.18. The van der Waals surface area contributed by atoms with E-state index < -0.39 is 10.0 Å². The van der Waals surface area contributed by atoms with Crippen molar-refractivity contribution in [3.05, 3.63) is 95.0 Å². The van der Waals surface area contributed by atoms with Crippen LogP contribution in [-0.2, 0) is 28.0 Å². The van der Waals surface area contributed by atoms with Crippen LogP contribution in [0.15, 0.2) is 83.8 Å². The molecule has 0 atom stereocenters. The SMILES string of the molecule is O=C(CCNS(=O)(=O)c1cccc(Cl)c1)NCc1ccccc1COc1ccccc1. The number of carbonyl (C=O) groups is 1. The van der Waals surface area contributed by atoms with Gasteiger partial charge in [0.2, 0.25) is 15.9 Å². The summed E-state index contributed by atoms with van der Waals surface area (Å²) < 4.78 is 32.7. The average molecular weight is 459 g/mol. The number of rotatable bonds is 10. The third-order valence-electron chi connectivity index (χ3n) is 4.48. The van der Waals surface area contributed by atoms with Crippen LogP contribution >= 0.6 is 11.6 Å². The highest BCUT2D eigenvalue weighted by atomic mass is 35.5. The number of sulfonamides is 1. The maximum atomic E-state index is 12.3. The molecule has 0 aliphatic carbocycles. The van der Waals surface area contributed by atoms with Crippen LogP contribution in [0.5, 0.6) is 5.75 Å². The highest BCUT2D eigenvalue weighted by molar-refractivity contribution is 7.89. The first-order chi connectivity index (χ1) is 14.9. The van der Waals surface area contributed by atoms with Gasteiger partial charge in [0.25, 0.3) is 0 Å². The fourth-order valence-electron chi connectivity index (χ4n) is 2.85. The van der Waals surface area contributed by atoms with Crippen molar-refractivity contribution >= 4 is 27.5 Å². The second-order valence-electron chi connectivity index (χ2n) is 6.75. The summed E-state index contributed by atoms with van der Waals surface area (Å²) in [6, 6.07) is 23.1. The van der Waals surface area contributed by atoms with E-state index in [0.29, 0.717) is 18.2 Å². The van der Waals surface area contributed by atoms with Gasteiger partial charge in [0.05, 0.1) is 4.90 Å². The Bertz CT molecular complexity index is 1120. The number of ether oxygens (including phenoxy) is 1. The minimum absolute atomic E-state index is 0.0144. The Hall–Kier alpha value is -2.87. The molecule has 31 heavy (non-hydrogen) atoms. The summed E-state index contributed by atoms with van der Waals surface area (Å²) in [7, 11) is -3.72. The number of benzene rings is 3. The van der Waals surface area contributed by atoms with Gasteiger partial charge >= 0.3 is 0 Å². The highest BCUT2D eigenvalue weighted by Gasteiger charge is 2.14. The van der Waals surface area contributed by atoms with Gasteiger partial charge in [-0.25, -0.2) is 13.1 Å². The molecule has 0 fully saturated rings. The molecule has 8 heteroatoms. The molecule has 2 N–H and O–H groups in total. The molecule has 162 valence electrons. The lowest BCUT2D eigenvalue weighted by Gasteiger charge is -2.12. The van der Waals surface area contributed by atoms with Crippen molar-refractivity contribution in [3.8, 4) is 5.75 Å². The lowest BCUT2D eigenvalue weighted by Crippen LogP contribution is -2.30. The first-order valence-electron chi connectivity index (χ1n) is 9.70. The van der Waals surface area contributed by atoms with Crippen LogP contribution in [0, 0.1) is 0 Å². The molecule has 0 spiro atoms. The van der Waals surface area contributed by atoms with Crippen LogP contribution in [0.1, 0.15) is 17.5 Å². The van der Waals surface area contributed by atoms with Crippen LogP contribution in [0.2, 0.25) is 5.02 Å². The summed E-state index contributed by atoms with van der Waals surface area (Å²) in [4.78, 5) is 12.2. The number of halogens is 1. The number of para-hydroxylation sites is 1. The molecule has 6 nitrogen and oxygen atoms in total. The van der Waals surface area contributed by atoms with E-state index in [9.17, 15) is 13.2 Å². The normalized spacial score (nSPS) is 11.1. The van der Waals surface area contributed by atoms with Crippen molar-refractivity contribution in [2.24, 2.45) is 0 Å². The van der Waals surface area contributed by atoms with Crippen molar-refractivity contribution < 1.29 is 17.9 Å². The second-order valence-corrected chi connectivity index (χ2v) is 8.96. The molecular weight excluding hydrogens is 436 g/mol. The lowest BCUT2D eigenvalue weighted by atomic mass is 10.1. The van der Waals surface area contributed by atoms with Gasteiger partial charge in [-0.1, -0.05) is 60.1 Å². The van der Waals surface area contributed by atoms with Gasteiger partial charge in [0.15, 0.2) is 0 Å². The summed E-state index contributed by atoms with van der Waals surface area (Å²) in [5.74, 6) is 0.515. The molecule has 0 saturated heterocycles. The minimum Gasteiger partial charge on any atom is -0.489 e. The Morgan fingerprint density at radius 3 is 2.35 bits per heavy atom. The summed E-state index contributed by atoms with van der Waals surface area (Å²) in [5.41, 5.74) is 1.90. The third kappa shape index (κ3) is 7.10. The summed E-state index contributed by atoms with van der Waals surface area (Å²) >= 11 is 5.84. The van der Waals surface area contributed by atoms with Crippen LogP contribution in [0.4, 0.5) is 0 Å². The quantitative estimate of drug-likeness (QED) is 0.482. The molecule has 0 aliphatic heterocycles. The number of hydrogen-bond donors (Lipinski definition) is 2. The van der Waals surface area contributed by atoms with E-state index in [1.807, 2.05) is 54.6 Å². The molecule has 0 unspecified atom stereocenters. The summed E-state index contributed by atoms with van der Waals surface area (Å²) in [6.45, 7) is 0.698. The monoisotopic (exact) mass is 458 g/mol. The highest BCUT2D eigenvalue weighted by Crippen LogP contribution is 2.16. The Morgan fingerprint density at radius 2 is 1.61 bits per heavy atom. The predicted octanol–water partition coefficient (Wildman–Crippen LogP) is 3.90. The van der Waals surface area contributed by atoms with Crippen molar-refractivity contribution in [2.45, 2.75) is 24.5 Å². The largest absolute Gasteiger partial charge is 0.489 e. The third-order valence-corrected chi connectivity index (χ3v) is 6.18. The molecule has 0 radical (unpaired) electrons. The van der Waals surface area contributed by atoms with Crippen LogP contribution in [0.25, 0.3) is 0 Å². The number of carbonyl (C=O) groups excluding carboxylic acids is 1. The molecule has 0 aromatic heterocycles. The van der Waals surface area contributed by atoms with E-state index in [2.05, 4.69) is 10.0 Å². The predicted molar refractivity (Wildman–Crippen MR) is 120 cm³/mol. The van der Waals surface area contributed by atoms with Crippen LogP contribution < -0.4 is 14.8 Å². The molecule has 0 bridgehead atoms. The second kappa shape index (κ2) is 10.9. The van der Waals surface area contributed by atoms with E-state index in [1.165, 1.54) is 12.1 Å². The summed E-state index contributed by atoms with van der Waals surface area (Å²) in [5, 5.41) is 3.15. The molecular formula is C23H23ClN2O4S. The Kier molecular flexibility index (Phi) is 8.06. The molecule has 0 saturated carbocycles. The van der Waals surface area contributed by atoms with E-state index in [-0.39, 0.29) is 23.8 Å². The van der Waals surface area contributed by atoms with Crippen molar-refractivity contribution in [1.82, 2.24) is 10.0 Å². The van der Waals surface area contributed by atoms with Crippen molar-refractivity contribution in [1.29, 1.82) is 0 Å². The standard InChI is InChI=1S/C23H23ClN2O4S/c24-20-9-6-12-22(15-20)31(28,29)26-14-13-23(27)25-16-18-7-4-5-8-19(18)17-30-21-10-2-1-3-11-21/h1-12,15,26H,13-14,16-17H2,(H,25,27). The average Bonchev–Trinajstić information content (AvgIpc) is 2.77. The Labute approximate surface area is 187 Å². The Balaban J connectivity index is 1.47. The molecule has 1 amide bonds. The molecule has 0 heterocycles. The zero-order chi connectivity index (χ0) is 22.1. The van der Waals surface area contributed by atoms with E-state index in [0.717, 1.165) is 16.9 Å². The smallest absolute Gasteiger partial charge is 0.240 e. The van der Waals surface area contributed by atoms with Gasteiger partial charge in [0.1, 0.15) is 12.4 Å². The van der Waals surface area contributed by atoms with Crippen LogP contribution in [-0.4, -0.2) is 20.9 Å². The van der Waals surface area contributed by atoms with E-state index in [4.69, 9.17) is 16.3 Å². The van der Waals surface area contributed by atoms with E-state index >= 15 is 0 Å². The van der Waals surface area contributed by atoms with Gasteiger partial charge < -0.3 is 10.1 Å². The van der Waals surface area contributed by atoms with Gasteiger partial charge in [-0.2, -0.15) is 0 Å². The summed E-state index contributed by atoms with van der Waals surface area (Å²) in [6.07, 6.45) is 0.0163.